The summed E-state index contributed by atoms with van der Waals surface area (Å²) < 4.78 is 10.6. The Labute approximate surface area is 151 Å². The van der Waals surface area contributed by atoms with Crippen molar-refractivity contribution in [3.8, 4) is 11.5 Å². The summed E-state index contributed by atoms with van der Waals surface area (Å²) in [5.41, 5.74) is 1.20. The first-order valence-electron chi connectivity index (χ1n) is 9.11. The van der Waals surface area contributed by atoms with Crippen molar-refractivity contribution in [3.05, 3.63) is 23.8 Å². The summed E-state index contributed by atoms with van der Waals surface area (Å²) in [7, 11) is 5.12. The lowest BCUT2D eigenvalue weighted by atomic mass is 10.1. The van der Waals surface area contributed by atoms with Crippen LogP contribution in [0.25, 0.3) is 0 Å². The fraction of sp³-hybridized carbons (Fsp3) is 0.632. The van der Waals surface area contributed by atoms with E-state index in [0.717, 1.165) is 56.1 Å². The normalized spacial score (nSPS) is 14.5. The van der Waals surface area contributed by atoms with E-state index < -0.39 is 0 Å². The molecule has 25 heavy (non-hydrogen) atoms. The number of methoxy groups -OCH3 is 2. The lowest BCUT2D eigenvalue weighted by Crippen LogP contribution is -2.42. The molecule has 0 saturated heterocycles. The standard InChI is InChI=1S/C19H32N4O2/c1-5-23(16-7-8-16)13-12-22-19(20-2)21-11-10-15-6-9-17(24-3)18(14-15)25-4/h6,9,14,16H,5,7-8,10-13H2,1-4H3,(H2,20,21,22). The number of benzene rings is 1. The predicted molar refractivity (Wildman–Crippen MR) is 103 cm³/mol. The van der Waals surface area contributed by atoms with Gasteiger partial charge in [0.15, 0.2) is 17.5 Å². The van der Waals surface area contributed by atoms with Gasteiger partial charge in [-0.3, -0.25) is 9.89 Å². The summed E-state index contributed by atoms with van der Waals surface area (Å²) in [5.74, 6) is 2.38. The van der Waals surface area contributed by atoms with E-state index in [9.17, 15) is 0 Å². The lowest BCUT2D eigenvalue weighted by Gasteiger charge is -2.20. The number of rotatable bonds is 10. The lowest BCUT2D eigenvalue weighted by molar-refractivity contribution is 0.282. The van der Waals surface area contributed by atoms with Crippen LogP contribution in [0, 0.1) is 0 Å². The molecule has 1 aliphatic carbocycles. The van der Waals surface area contributed by atoms with Crippen LogP contribution in [0.3, 0.4) is 0 Å². The van der Waals surface area contributed by atoms with Crippen molar-refractivity contribution in [1.29, 1.82) is 0 Å². The van der Waals surface area contributed by atoms with Gasteiger partial charge in [-0.25, -0.2) is 0 Å². The maximum atomic E-state index is 5.35. The van der Waals surface area contributed by atoms with Crippen molar-refractivity contribution in [2.24, 2.45) is 4.99 Å². The van der Waals surface area contributed by atoms with E-state index in [0.29, 0.717) is 0 Å². The predicted octanol–water partition coefficient (Wildman–Crippen LogP) is 1.90. The molecule has 0 heterocycles. The van der Waals surface area contributed by atoms with Crippen molar-refractivity contribution in [2.75, 3.05) is 47.4 Å². The summed E-state index contributed by atoms with van der Waals surface area (Å²) in [4.78, 5) is 6.83. The molecule has 1 aliphatic rings. The van der Waals surface area contributed by atoms with Crippen LogP contribution < -0.4 is 20.1 Å². The van der Waals surface area contributed by atoms with Gasteiger partial charge in [0.25, 0.3) is 0 Å². The number of hydrogen-bond donors (Lipinski definition) is 2. The first kappa shape index (κ1) is 19.4. The minimum atomic E-state index is 0.757. The third-order valence-electron chi connectivity index (χ3n) is 4.54. The second-order valence-corrected chi connectivity index (χ2v) is 6.22. The van der Waals surface area contributed by atoms with Gasteiger partial charge in [0.2, 0.25) is 0 Å². The quantitative estimate of drug-likeness (QED) is 0.500. The Kier molecular flexibility index (Phi) is 7.85. The molecule has 0 amide bonds. The Morgan fingerprint density at radius 1 is 1.16 bits per heavy atom. The van der Waals surface area contributed by atoms with E-state index in [1.54, 1.807) is 14.2 Å². The number of guanidine groups is 1. The largest absolute Gasteiger partial charge is 0.493 e. The molecule has 6 heteroatoms. The van der Waals surface area contributed by atoms with Crippen molar-refractivity contribution < 1.29 is 9.47 Å². The molecule has 0 radical (unpaired) electrons. The van der Waals surface area contributed by atoms with E-state index in [-0.39, 0.29) is 0 Å². The maximum Gasteiger partial charge on any atom is 0.191 e. The zero-order chi connectivity index (χ0) is 18.1. The van der Waals surface area contributed by atoms with Gasteiger partial charge in [-0.1, -0.05) is 13.0 Å². The summed E-state index contributed by atoms with van der Waals surface area (Å²) in [6.45, 7) is 6.15. The number of ether oxygens (including phenoxy) is 2. The van der Waals surface area contributed by atoms with Crippen LogP contribution in [0.15, 0.2) is 23.2 Å². The van der Waals surface area contributed by atoms with Gasteiger partial charge in [0, 0.05) is 32.7 Å². The summed E-state index contributed by atoms with van der Waals surface area (Å²) >= 11 is 0. The van der Waals surface area contributed by atoms with Gasteiger partial charge in [0.1, 0.15) is 0 Å². The van der Waals surface area contributed by atoms with Crippen LogP contribution in [-0.2, 0) is 6.42 Å². The minimum absolute atomic E-state index is 0.757. The molecule has 0 aromatic heterocycles. The van der Waals surface area contributed by atoms with E-state index in [1.165, 1.54) is 18.4 Å². The number of likely N-dealkylation sites (N-methyl/N-ethyl adjacent to an activating group) is 1. The smallest absolute Gasteiger partial charge is 0.191 e. The molecule has 0 aliphatic heterocycles. The second kappa shape index (κ2) is 10.1. The zero-order valence-electron chi connectivity index (χ0n) is 16.0. The van der Waals surface area contributed by atoms with E-state index in [2.05, 4.69) is 33.5 Å². The van der Waals surface area contributed by atoms with Gasteiger partial charge in [-0.2, -0.15) is 0 Å². The van der Waals surface area contributed by atoms with Crippen LogP contribution in [0.5, 0.6) is 11.5 Å². The molecule has 6 nitrogen and oxygen atoms in total. The molecule has 1 fully saturated rings. The number of hydrogen-bond acceptors (Lipinski definition) is 4. The van der Waals surface area contributed by atoms with E-state index in [4.69, 9.17) is 9.47 Å². The maximum absolute atomic E-state index is 5.35. The molecule has 1 saturated carbocycles. The SMILES string of the molecule is CCN(CCNC(=NC)NCCc1ccc(OC)c(OC)c1)C1CC1. The molecular formula is C19H32N4O2. The molecule has 2 rings (SSSR count). The second-order valence-electron chi connectivity index (χ2n) is 6.22. The molecule has 1 aromatic rings. The fourth-order valence-corrected chi connectivity index (χ4v) is 2.94. The molecule has 140 valence electrons. The highest BCUT2D eigenvalue weighted by Gasteiger charge is 2.27. The van der Waals surface area contributed by atoms with Gasteiger partial charge in [0.05, 0.1) is 14.2 Å². The Balaban J connectivity index is 1.71. The van der Waals surface area contributed by atoms with Crippen molar-refractivity contribution in [3.63, 3.8) is 0 Å². The zero-order valence-corrected chi connectivity index (χ0v) is 16.0. The highest BCUT2D eigenvalue weighted by atomic mass is 16.5. The Hall–Kier alpha value is -1.95. The summed E-state index contributed by atoms with van der Waals surface area (Å²) in [6.07, 6.45) is 3.60. The van der Waals surface area contributed by atoms with Gasteiger partial charge in [-0.15, -0.1) is 0 Å². The van der Waals surface area contributed by atoms with Gasteiger partial charge >= 0.3 is 0 Å². The van der Waals surface area contributed by atoms with Crippen molar-refractivity contribution in [2.45, 2.75) is 32.2 Å². The molecule has 0 unspecified atom stereocenters. The summed E-state index contributed by atoms with van der Waals surface area (Å²) in [6, 6.07) is 6.84. The summed E-state index contributed by atoms with van der Waals surface area (Å²) in [5, 5.41) is 6.77. The van der Waals surface area contributed by atoms with Gasteiger partial charge in [-0.05, 0) is 43.5 Å². The van der Waals surface area contributed by atoms with Crippen LogP contribution in [-0.4, -0.2) is 64.3 Å². The van der Waals surface area contributed by atoms with Crippen molar-refractivity contribution in [1.82, 2.24) is 15.5 Å². The van der Waals surface area contributed by atoms with E-state index >= 15 is 0 Å². The molecular weight excluding hydrogens is 316 g/mol. The van der Waals surface area contributed by atoms with E-state index in [1.807, 2.05) is 19.2 Å². The average Bonchev–Trinajstić information content (AvgIpc) is 3.48. The first-order valence-corrected chi connectivity index (χ1v) is 9.11. The van der Waals surface area contributed by atoms with Crippen LogP contribution >= 0.6 is 0 Å². The Bertz CT molecular complexity index is 558. The molecule has 0 spiro atoms. The molecule has 0 atom stereocenters. The molecule has 2 N–H and O–H groups in total. The first-order chi connectivity index (χ1) is 12.2. The highest BCUT2D eigenvalue weighted by Crippen LogP contribution is 2.27. The van der Waals surface area contributed by atoms with Crippen LogP contribution in [0.4, 0.5) is 0 Å². The molecule has 1 aromatic carbocycles. The average molecular weight is 348 g/mol. The Morgan fingerprint density at radius 2 is 1.88 bits per heavy atom. The fourth-order valence-electron chi connectivity index (χ4n) is 2.94. The monoisotopic (exact) mass is 348 g/mol. The topological polar surface area (TPSA) is 58.1 Å². The number of nitrogens with one attached hydrogen (secondary N) is 2. The molecule has 0 bridgehead atoms. The van der Waals surface area contributed by atoms with Crippen LogP contribution in [0.2, 0.25) is 0 Å². The van der Waals surface area contributed by atoms with Crippen molar-refractivity contribution >= 4 is 5.96 Å². The van der Waals surface area contributed by atoms with Gasteiger partial charge < -0.3 is 20.1 Å². The number of aliphatic imine (C=N–C) groups is 1. The third-order valence-corrected chi connectivity index (χ3v) is 4.54. The number of nitrogens with zero attached hydrogens (tertiary/aromatic N) is 2. The third kappa shape index (κ3) is 6.12. The highest BCUT2D eigenvalue weighted by molar-refractivity contribution is 5.79. The van der Waals surface area contributed by atoms with Crippen LogP contribution in [0.1, 0.15) is 25.3 Å². The minimum Gasteiger partial charge on any atom is -0.493 e. The Morgan fingerprint density at radius 3 is 2.48 bits per heavy atom.